The molecule has 1 N–H and O–H groups in total. The van der Waals surface area contributed by atoms with E-state index in [-0.39, 0.29) is 18.3 Å². The van der Waals surface area contributed by atoms with E-state index in [0.717, 1.165) is 25.9 Å². The third kappa shape index (κ3) is 3.80. The maximum atomic E-state index is 12.3. The minimum atomic E-state index is -0.570. The predicted octanol–water partition coefficient (Wildman–Crippen LogP) is 1.33. The maximum Gasteiger partial charge on any atom is 0.509 e. The zero-order chi connectivity index (χ0) is 14.0. The van der Waals surface area contributed by atoms with Crippen molar-refractivity contribution in [3.05, 3.63) is 0 Å². The van der Waals surface area contributed by atoms with E-state index in [2.05, 4.69) is 5.32 Å². The van der Waals surface area contributed by atoms with Gasteiger partial charge in [0.05, 0.1) is 0 Å². The predicted molar refractivity (Wildman–Crippen MR) is 78.4 cm³/mol. The third-order valence-electron chi connectivity index (χ3n) is 4.70. The largest absolute Gasteiger partial charge is 0.509 e. The first-order valence-electron chi connectivity index (χ1n) is 7.51. The minimum Gasteiger partial charge on any atom is -0.430 e. The summed E-state index contributed by atoms with van der Waals surface area (Å²) in [6.07, 6.45) is 3.65. The van der Waals surface area contributed by atoms with Gasteiger partial charge in [0.15, 0.2) is 5.60 Å². The smallest absolute Gasteiger partial charge is 0.430 e. The van der Waals surface area contributed by atoms with Crippen LogP contribution < -0.4 is 5.32 Å². The number of ether oxygens (including phenoxy) is 2. The second kappa shape index (κ2) is 6.83. The molecular weight excluding hydrogens is 296 g/mol. The summed E-state index contributed by atoms with van der Waals surface area (Å²) in [5, 5.41) is 3.32. The summed E-state index contributed by atoms with van der Waals surface area (Å²) in [6, 6.07) is 0. The van der Waals surface area contributed by atoms with Gasteiger partial charge in [0.2, 0.25) is 5.91 Å². The van der Waals surface area contributed by atoms with E-state index in [1.165, 1.54) is 0 Å². The minimum absolute atomic E-state index is 0. The Morgan fingerprint density at radius 1 is 1.29 bits per heavy atom. The number of rotatable bonds is 2. The first kappa shape index (κ1) is 16.4. The number of nitrogens with one attached hydrogen (secondary N) is 1. The lowest BCUT2D eigenvalue weighted by Gasteiger charge is -2.37. The van der Waals surface area contributed by atoms with Crippen LogP contribution in [0.3, 0.4) is 0 Å². The van der Waals surface area contributed by atoms with Crippen LogP contribution in [0.2, 0.25) is 0 Å². The van der Waals surface area contributed by atoms with Crippen molar-refractivity contribution in [2.24, 2.45) is 5.92 Å². The van der Waals surface area contributed by atoms with E-state index < -0.39 is 11.8 Å². The monoisotopic (exact) mass is 318 g/mol. The van der Waals surface area contributed by atoms with Crippen LogP contribution in [-0.2, 0) is 14.3 Å². The summed E-state index contributed by atoms with van der Waals surface area (Å²) >= 11 is 0. The third-order valence-corrected chi connectivity index (χ3v) is 4.70. The molecule has 0 saturated carbocycles. The van der Waals surface area contributed by atoms with Gasteiger partial charge in [-0.15, -0.1) is 12.4 Å². The topological polar surface area (TPSA) is 67.9 Å². The molecule has 3 heterocycles. The van der Waals surface area contributed by atoms with Gasteiger partial charge in [-0.3, -0.25) is 4.79 Å². The molecule has 3 fully saturated rings. The normalized spacial score (nSPS) is 25.1. The van der Waals surface area contributed by atoms with Gasteiger partial charge in [0, 0.05) is 32.4 Å². The van der Waals surface area contributed by atoms with Crippen LogP contribution in [0.4, 0.5) is 4.79 Å². The number of cyclic esters (lactones) is 1. The molecule has 0 aromatic carbocycles. The standard InChI is InChI=1S/C14H22N2O4.ClH/c17-12(9-11-1-5-15-6-2-11)16-7-3-14(4-8-16)10-19-13(18)20-14;/h11,15H,1-10H2;1H. The van der Waals surface area contributed by atoms with Gasteiger partial charge < -0.3 is 19.7 Å². The molecule has 6 nitrogen and oxygen atoms in total. The van der Waals surface area contributed by atoms with Gasteiger partial charge >= 0.3 is 6.16 Å². The summed E-state index contributed by atoms with van der Waals surface area (Å²) in [5.74, 6) is 0.768. The SMILES string of the molecule is Cl.O=C1OCC2(CCN(C(=O)CC3CCNCC3)CC2)O1. The molecule has 0 bridgehead atoms. The van der Waals surface area contributed by atoms with Crippen molar-refractivity contribution in [3.8, 4) is 0 Å². The summed E-state index contributed by atoms with van der Waals surface area (Å²) in [7, 11) is 0. The first-order valence-corrected chi connectivity index (χ1v) is 7.51. The molecular formula is C14H23ClN2O4. The Labute approximate surface area is 130 Å². The molecule has 0 aromatic rings. The molecule has 1 spiro atoms. The summed E-state index contributed by atoms with van der Waals surface area (Å²) < 4.78 is 10.2. The van der Waals surface area contributed by atoms with Gasteiger partial charge in [-0.05, 0) is 31.8 Å². The lowest BCUT2D eigenvalue weighted by atomic mass is 9.90. The number of piperidine rings is 2. The van der Waals surface area contributed by atoms with E-state index in [0.29, 0.717) is 44.9 Å². The number of carbonyl (C=O) groups is 2. The van der Waals surface area contributed by atoms with Crippen molar-refractivity contribution in [1.82, 2.24) is 10.2 Å². The summed E-state index contributed by atoms with van der Waals surface area (Å²) in [6.45, 7) is 3.71. The van der Waals surface area contributed by atoms with Crippen LogP contribution >= 0.6 is 12.4 Å². The number of likely N-dealkylation sites (tertiary alicyclic amines) is 1. The van der Waals surface area contributed by atoms with Gasteiger partial charge in [-0.1, -0.05) is 0 Å². The van der Waals surface area contributed by atoms with Crippen molar-refractivity contribution in [1.29, 1.82) is 0 Å². The number of halogens is 1. The molecule has 0 radical (unpaired) electrons. The molecule has 3 aliphatic rings. The van der Waals surface area contributed by atoms with E-state index in [9.17, 15) is 9.59 Å². The Bertz CT molecular complexity index is 390. The molecule has 120 valence electrons. The van der Waals surface area contributed by atoms with Crippen molar-refractivity contribution in [2.75, 3.05) is 32.8 Å². The van der Waals surface area contributed by atoms with Crippen molar-refractivity contribution >= 4 is 24.5 Å². The maximum absolute atomic E-state index is 12.3. The van der Waals surface area contributed by atoms with Gasteiger partial charge in [-0.2, -0.15) is 0 Å². The highest BCUT2D eigenvalue weighted by Crippen LogP contribution is 2.32. The van der Waals surface area contributed by atoms with Crippen LogP contribution in [0.5, 0.6) is 0 Å². The molecule has 0 unspecified atom stereocenters. The highest BCUT2D eigenvalue weighted by Gasteiger charge is 2.45. The fourth-order valence-electron chi connectivity index (χ4n) is 3.30. The molecule has 7 heteroatoms. The number of hydrogen-bond donors (Lipinski definition) is 1. The lowest BCUT2D eigenvalue weighted by molar-refractivity contribution is -0.135. The number of hydrogen-bond acceptors (Lipinski definition) is 5. The lowest BCUT2D eigenvalue weighted by Crippen LogP contribution is -2.48. The summed E-state index contributed by atoms with van der Waals surface area (Å²) in [5.41, 5.74) is -0.470. The second-order valence-electron chi connectivity index (χ2n) is 6.10. The quantitative estimate of drug-likeness (QED) is 0.778. The van der Waals surface area contributed by atoms with E-state index >= 15 is 0 Å². The molecule has 3 saturated heterocycles. The Kier molecular flexibility index (Phi) is 5.32. The Hall–Kier alpha value is -1.01. The van der Waals surface area contributed by atoms with Crippen molar-refractivity contribution in [3.63, 3.8) is 0 Å². The van der Waals surface area contributed by atoms with Crippen molar-refractivity contribution in [2.45, 2.75) is 37.7 Å². The zero-order valence-corrected chi connectivity index (χ0v) is 13.0. The highest BCUT2D eigenvalue weighted by atomic mass is 35.5. The molecule has 0 aliphatic carbocycles. The van der Waals surface area contributed by atoms with Crippen LogP contribution in [-0.4, -0.2) is 55.3 Å². The number of carbonyl (C=O) groups excluding carboxylic acids is 2. The van der Waals surface area contributed by atoms with Gasteiger partial charge in [-0.25, -0.2) is 4.79 Å². The van der Waals surface area contributed by atoms with Gasteiger partial charge in [0.25, 0.3) is 0 Å². The van der Waals surface area contributed by atoms with E-state index in [1.54, 1.807) is 0 Å². The average molecular weight is 319 g/mol. The highest BCUT2D eigenvalue weighted by molar-refractivity contribution is 5.85. The molecule has 21 heavy (non-hydrogen) atoms. The zero-order valence-electron chi connectivity index (χ0n) is 12.1. The molecule has 3 rings (SSSR count). The fourth-order valence-corrected chi connectivity index (χ4v) is 3.30. The molecule has 0 atom stereocenters. The van der Waals surface area contributed by atoms with Gasteiger partial charge in [0.1, 0.15) is 6.61 Å². The van der Waals surface area contributed by atoms with Crippen LogP contribution in [0.1, 0.15) is 32.1 Å². The Morgan fingerprint density at radius 3 is 2.52 bits per heavy atom. The fraction of sp³-hybridized carbons (Fsp3) is 0.857. The summed E-state index contributed by atoms with van der Waals surface area (Å²) in [4.78, 5) is 25.3. The van der Waals surface area contributed by atoms with Crippen LogP contribution in [0, 0.1) is 5.92 Å². The molecule has 3 aliphatic heterocycles. The average Bonchev–Trinajstić information content (AvgIpc) is 2.81. The van der Waals surface area contributed by atoms with Crippen molar-refractivity contribution < 1.29 is 19.1 Å². The van der Waals surface area contributed by atoms with E-state index in [4.69, 9.17) is 9.47 Å². The number of nitrogens with zero attached hydrogens (tertiary/aromatic N) is 1. The second-order valence-corrected chi connectivity index (χ2v) is 6.10. The Balaban J connectivity index is 0.00000161. The van der Waals surface area contributed by atoms with Crippen LogP contribution in [0.25, 0.3) is 0 Å². The van der Waals surface area contributed by atoms with E-state index in [1.807, 2.05) is 4.90 Å². The Morgan fingerprint density at radius 2 is 1.95 bits per heavy atom. The van der Waals surface area contributed by atoms with Crippen LogP contribution in [0.15, 0.2) is 0 Å². The number of amides is 1. The first-order chi connectivity index (χ1) is 9.67. The molecule has 1 amide bonds. The molecule has 0 aromatic heterocycles.